The molecule has 3 amide bonds. The third kappa shape index (κ3) is 4.11. The van der Waals surface area contributed by atoms with E-state index in [2.05, 4.69) is 5.32 Å². The lowest BCUT2D eigenvalue weighted by Crippen LogP contribution is -2.37. The molecule has 24 heavy (non-hydrogen) atoms. The highest BCUT2D eigenvalue weighted by atomic mass is 32.2. The molecule has 0 aliphatic carbocycles. The van der Waals surface area contributed by atoms with Gasteiger partial charge in [-0.25, -0.2) is 0 Å². The number of nitrogens with zero attached hydrogens (tertiary/aromatic N) is 2. The van der Waals surface area contributed by atoms with Gasteiger partial charge in [0.15, 0.2) is 0 Å². The van der Waals surface area contributed by atoms with Crippen molar-refractivity contribution >= 4 is 28.8 Å². The quantitative estimate of drug-likeness (QED) is 0.870. The maximum Gasteiger partial charge on any atom is 0.406 e. The molecule has 1 saturated heterocycles. The number of hydrogen-bond acceptors (Lipinski definition) is 4. The molecule has 0 saturated carbocycles. The van der Waals surface area contributed by atoms with E-state index in [0.717, 1.165) is 21.2 Å². The van der Waals surface area contributed by atoms with E-state index in [4.69, 9.17) is 0 Å². The average Bonchev–Trinajstić information content (AvgIpc) is 2.93. The van der Waals surface area contributed by atoms with E-state index in [-0.39, 0.29) is 41.2 Å². The van der Waals surface area contributed by atoms with Gasteiger partial charge in [0.25, 0.3) is 11.1 Å². The zero-order valence-corrected chi connectivity index (χ0v) is 13.9. The van der Waals surface area contributed by atoms with Crippen LogP contribution in [0.3, 0.4) is 0 Å². The lowest BCUT2D eigenvalue weighted by atomic mass is 10.2. The van der Waals surface area contributed by atoms with E-state index in [1.165, 1.54) is 19.9 Å². The maximum absolute atomic E-state index is 12.6. The minimum absolute atomic E-state index is 0.0394. The molecule has 0 radical (unpaired) electrons. The zero-order chi connectivity index (χ0) is 18.1. The van der Waals surface area contributed by atoms with E-state index in [1.807, 2.05) is 0 Å². The molecule has 1 fully saturated rings. The number of carbonyl (C=O) groups excluding carboxylic acids is 3. The first-order valence-electron chi connectivity index (χ1n) is 7.09. The number of thioether (sulfide) groups is 1. The molecule has 1 aromatic rings. The van der Waals surface area contributed by atoms with Crippen molar-refractivity contribution in [1.82, 2.24) is 14.8 Å². The summed E-state index contributed by atoms with van der Waals surface area (Å²) in [4.78, 5) is 36.0. The Labute approximate surface area is 140 Å². The molecule has 1 aliphatic rings. The first-order valence-corrected chi connectivity index (χ1v) is 8.07. The van der Waals surface area contributed by atoms with E-state index in [1.54, 1.807) is 0 Å². The van der Waals surface area contributed by atoms with Crippen LogP contribution in [0.4, 0.5) is 18.0 Å². The second kappa shape index (κ2) is 6.88. The summed E-state index contributed by atoms with van der Waals surface area (Å²) in [6.45, 7) is 1.86. The Kier molecular flexibility index (Phi) is 5.26. The second-order valence-corrected chi connectivity index (χ2v) is 6.27. The molecule has 1 aromatic heterocycles. The standard InChI is InChI=1S/C14H16F3N3O3S/c1-8-5-10(9(2)20(8)7-14(15,16)17)12(22)18-3-4-19-11(21)6-24-13(19)23/h5H,3-4,6-7H2,1-2H3,(H,18,22). The fourth-order valence-electron chi connectivity index (χ4n) is 2.43. The van der Waals surface area contributed by atoms with Crippen LogP contribution in [0.25, 0.3) is 0 Å². The minimum Gasteiger partial charge on any atom is -0.350 e. The van der Waals surface area contributed by atoms with Gasteiger partial charge in [-0.2, -0.15) is 13.2 Å². The number of hydrogen-bond donors (Lipinski definition) is 1. The Balaban J connectivity index is 1.99. The van der Waals surface area contributed by atoms with Crippen molar-refractivity contribution in [2.24, 2.45) is 0 Å². The number of halogens is 3. The van der Waals surface area contributed by atoms with Crippen molar-refractivity contribution in [2.75, 3.05) is 18.8 Å². The fraction of sp³-hybridized carbons (Fsp3) is 0.500. The Morgan fingerprint density at radius 2 is 2.00 bits per heavy atom. The molecule has 2 heterocycles. The number of rotatable bonds is 5. The van der Waals surface area contributed by atoms with Gasteiger partial charge in [0.2, 0.25) is 5.91 Å². The summed E-state index contributed by atoms with van der Waals surface area (Å²) in [5, 5.41) is 2.16. The molecule has 0 spiro atoms. The van der Waals surface area contributed by atoms with Gasteiger partial charge in [0, 0.05) is 24.5 Å². The molecule has 0 aromatic carbocycles. The van der Waals surface area contributed by atoms with Gasteiger partial charge < -0.3 is 9.88 Å². The second-order valence-electron chi connectivity index (χ2n) is 5.34. The molecule has 0 atom stereocenters. The van der Waals surface area contributed by atoms with Gasteiger partial charge in [0.05, 0.1) is 11.3 Å². The number of aryl methyl sites for hydroxylation is 1. The van der Waals surface area contributed by atoms with Crippen LogP contribution in [-0.4, -0.2) is 51.5 Å². The van der Waals surface area contributed by atoms with Crippen molar-refractivity contribution in [3.05, 3.63) is 23.0 Å². The van der Waals surface area contributed by atoms with Crippen molar-refractivity contribution < 1.29 is 27.6 Å². The van der Waals surface area contributed by atoms with Crippen LogP contribution < -0.4 is 5.32 Å². The van der Waals surface area contributed by atoms with Gasteiger partial charge in [0.1, 0.15) is 6.54 Å². The fourth-order valence-corrected chi connectivity index (χ4v) is 3.18. The molecule has 2 rings (SSSR count). The Morgan fingerprint density at radius 3 is 2.54 bits per heavy atom. The lowest BCUT2D eigenvalue weighted by molar-refractivity contribution is -0.141. The number of aromatic nitrogens is 1. The molecule has 6 nitrogen and oxygen atoms in total. The summed E-state index contributed by atoms with van der Waals surface area (Å²) in [7, 11) is 0. The highest BCUT2D eigenvalue weighted by Crippen LogP contribution is 2.23. The van der Waals surface area contributed by atoms with E-state index < -0.39 is 18.6 Å². The van der Waals surface area contributed by atoms with Crippen molar-refractivity contribution in [2.45, 2.75) is 26.6 Å². The molecular formula is C14H16F3N3O3S. The summed E-state index contributed by atoms with van der Waals surface area (Å²) in [6.07, 6.45) is -4.38. The monoisotopic (exact) mass is 363 g/mol. The van der Waals surface area contributed by atoms with E-state index >= 15 is 0 Å². The van der Waals surface area contributed by atoms with Crippen LogP contribution in [0.1, 0.15) is 21.7 Å². The molecule has 1 N–H and O–H groups in total. The average molecular weight is 363 g/mol. The van der Waals surface area contributed by atoms with Crippen LogP contribution in [-0.2, 0) is 11.3 Å². The van der Waals surface area contributed by atoms with Crippen LogP contribution in [0.5, 0.6) is 0 Å². The minimum atomic E-state index is -4.38. The molecule has 10 heteroatoms. The van der Waals surface area contributed by atoms with Gasteiger partial charge in [-0.05, 0) is 19.9 Å². The number of nitrogens with one attached hydrogen (secondary N) is 1. The zero-order valence-electron chi connectivity index (χ0n) is 13.1. The topological polar surface area (TPSA) is 71.4 Å². The molecule has 0 bridgehead atoms. The summed E-state index contributed by atoms with van der Waals surface area (Å²) >= 11 is 0.897. The van der Waals surface area contributed by atoms with E-state index in [9.17, 15) is 27.6 Å². The normalized spacial score (nSPS) is 15.3. The SMILES string of the molecule is Cc1cc(C(=O)NCCN2C(=O)CSC2=O)c(C)n1CC(F)(F)F. The predicted molar refractivity (Wildman–Crippen MR) is 81.9 cm³/mol. The number of imide groups is 1. The van der Waals surface area contributed by atoms with Crippen molar-refractivity contribution in [1.29, 1.82) is 0 Å². The molecular weight excluding hydrogens is 347 g/mol. The number of alkyl halides is 3. The van der Waals surface area contributed by atoms with Gasteiger partial charge in [-0.1, -0.05) is 11.8 Å². The number of amides is 3. The smallest absolute Gasteiger partial charge is 0.350 e. The van der Waals surface area contributed by atoms with E-state index in [0.29, 0.717) is 5.69 Å². The molecule has 1 aliphatic heterocycles. The summed E-state index contributed by atoms with van der Waals surface area (Å²) in [5.41, 5.74) is 0.688. The summed E-state index contributed by atoms with van der Waals surface area (Å²) in [5.74, 6) is -0.767. The Morgan fingerprint density at radius 1 is 1.33 bits per heavy atom. The van der Waals surface area contributed by atoms with Crippen LogP contribution in [0.15, 0.2) is 6.07 Å². The first kappa shape index (κ1) is 18.4. The van der Waals surface area contributed by atoms with Crippen molar-refractivity contribution in [3.8, 4) is 0 Å². The van der Waals surface area contributed by atoms with Crippen LogP contribution in [0.2, 0.25) is 0 Å². The predicted octanol–water partition coefficient (Wildman–Crippen LogP) is 2.09. The Bertz CT molecular complexity index is 669. The number of carbonyl (C=O) groups is 3. The Hall–Kier alpha value is -1.97. The lowest BCUT2D eigenvalue weighted by Gasteiger charge is -2.14. The highest BCUT2D eigenvalue weighted by molar-refractivity contribution is 8.14. The summed E-state index contributed by atoms with van der Waals surface area (Å²) in [6, 6.07) is 1.39. The highest BCUT2D eigenvalue weighted by Gasteiger charge is 2.31. The summed E-state index contributed by atoms with van der Waals surface area (Å²) < 4.78 is 38.7. The van der Waals surface area contributed by atoms with Gasteiger partial charge in [-0.15, -0.1) is 0 Å². The maximum atomic E-state index is 12.6. The first-order chi connectivity index (χ1) is 11.1. The third-order valence-corrected chi connectivity index (χ3v) is 4.48. The third-order valence-electron chi connectivity index (χ3n) is 3.62. The van der Waals surface area contributed by atoms with Crippen LogP contribution in [0, 0.1) is 13.8 Å². The van der Waals surface area contributed by atoms with Crippen molar-refractivity contribution in [3.63, 3.8) is 0 Å². The molecule has 0 unspecified atom stereocenters. The molecule has 132 valence electrons. The largest absolute Gasteiger partial charge is 0.406 e. The van der Waals surface area contributed by atoms with Gasteiger partial charge >= 0.3 is 6.18 Å². The van der Waals surface area contributed by atoms with Gasteiger partial charge in [-0.3, -0.25) is 19.3 Å². The van der Waals surface area contributed by atoms with Crippen LogP contribution >= 0.6 is 11.8 Å².